The molecule has 2 aromatic rings. The third-order valence-electron chi connectivity index (χ3n) is 3.62. The van der Waals surface area contributed by atoms with Crippen LogP contribution in [-0.4, -0.2) is 24.8 Å². The maximum atomic E-state index is 6.09. The summed E-state index contributed by atoms with van der Waals surface area (Å²) in [6.45, 7) is 3.88. The normalized spacial score (nSPS) is 15.1. The van der Waals surface area contributed by atoms with Crippen molar-refractivity contribution < 1.29 is 9.47 Å². The third kappa shape index (κ3) is 3.32. The standard InChI is InChI=1S/C18H19ClN2O2S/c1-18(2)20-17(13-7-5-11(19)9-15(13)22-3)14-8-6-12(21-24-4)10-16(14)23-18/h5-10,21H,1-4H3. The van der Waals surface area contributed by atoms with E-state index in [1.807, 2.05) is 50.4 Å². The average molecular weight is 363 g/mol. The Kier molecular flexibility index (Phi) is 4.65. The van der Waals surface area contributed by atoms with Crippen molar-refractivity contribution in [2.24, 2.45) is 4.99 Å². The Morgan fingerprint density at radius 2 is 1.92 bits per heavy atom. The molecule has 0 aromatic heterocycles. The van der Waals surface area contributed by atoms with Crippen molar-refractivity contribution in [1.82, 2.24) is 0 Å². The molecule has 1 N–H and O–H groups in total. The first-order valence-corrected chi connectivity index (χ1v) is 9.10. The molecule has 126 valence electrons. The highest BCUT2D eigenvalue weighted by atomic mass is 35.5. The minimum atomic E-state index is -0.662. The van der Waals surface area contributed by atoms with Crippen molar-refractivity contribution >= 4 is 34.9 Å². The van der Waals surface area contributed by atoms with E-state index in [0.717, 1.165) is 28.3 Å². The number of aliphatic imine (C=N–C) groups is 1. The number of halogens is 1. The molecule has 0 unspecified atom stereocenters. The Morgan fingerprint density at radius 3 is 2.62 bits per heavy atom. The molecule has 3 rings (SSSR count). The number of ether oxygens (including phenoxy) is 2. The van der Waals surface area contributed by atoms with Crippen LogP contribution < -0.4 is 14.2 Å². The van der Waals surface area contributed by atoms with E-state index in [1.165, 1.54) is 11.9 Å². The van der Waals surface area contributed by atoms with Gasteiger partial charge in [-0.2, -0.15) is 0 Å². The Balaban J connectivity index is 2.16. The number of fused-ring (bicyclic) bond motifs is 1. The van der Waals surface area contributed by atoms with Gasteiger partial charge >= 0.3 is 0 Å². The van der Waals surface area contributed by atoms with Crippen LogP contribution in [0.2, 0.25) is 5.02 Å². The molecule has 6 heteroatoms. The van der Waals surface area contributed by atoms with Crippen LogP contribution in [0.1, 0.15) is 25.0 Å². The van der Waals surface area contributed by atoms with Gasteiger partial charge in [-0.1, -0.05) is 23.5 Å². The van der Waals surface area contributed by atoms with Gasteiger partial charge in [0.25, 0.3) is 0 Å². The quantitative estimate of drug-likeness (QED) is 0.777. The molecule has 0 radical (unpaired) electrons. The van der Waals surface area contributed by atoms with Gasteiger partial charge in [-0.15, -0.1) is 0 Å². The van der Waals surface area contributed by atoms with E-state index in [9.17, 15) is 0 Å². The SMILES string of the molecule is COc1cc(Cl)ccc1C1=NC(C)(C)Oc2cc(NSC)ccc21. The van der Waals surface area contributed by atoms with Crippen LogP contribution in [0.3, 0.4) is 0 Å². The maximum Gasteiger partial charge on any atom is 0.195 e. The van der Waals surface area contributed by atoms with Gasteiger partial charge in [0.1, 0.15) is 11.5 Å². The molecule has 0 atom stereocenters. The van der Waals surface area contributed by atoms with Crippen LogP contribution in [-0.2, 0) is 0 Å². The lowest BCUT2D eigenvalue weighted by Gasteiger charge is -2.31. The maximum absolute atomic E-state index is 6.09. The number of hydrogen-bond acceptors (Lipinski definition) is 5. The second kappa shape index (κ2) is 6.57. The van der Waals surface area contributed by atoms with Gasteiger partial charge in [-0.05, 0) is 44.2 Å². The predicted molar refractivity (Wildman–Crippen MR) is 102 cm³/mol. The molecule has 0 saturated carbocycles. The summed E-state index contributed by atoms with van der Waals surface area (Å²) >= 11 is 7.63. The minimum Gasteiger partial charge on any atom is -0.496 e. The molecule has 0 spiro atoms. The summed E-state index contributed by atoms with van der Waals surface area (Å²) in [5.74, 6) is 1.48. The molecule has 1 aliphatic rings. The number of nitrogens with one attached hydrogen (secondary N) is 1. The smallest absolute Gasteiger partial charge is 0.195 e. The van der Waals surface area contributed by atoms with E-state index in [-0.39, 0.29) is 0 Å². The molecule has 0 aliphatic carbocycles. The highest BCUT2D eigenvalue weighted by molar-refractivity contribution is 7.99. The first-order chi connectivity index (χ1) is 11.4. The Morgan fingerprint density at radius 1 is 1.17 bits per heavy atom. The van der Waals surface area contributed by atoms with Crippen molar-refractivity contribution in [3.8, 4) is 11.5 Å². The lowest BCUT2D eigenvalue weighted by molar-refractivity contribution is 0.115. The van der Waals surface area contributed by atoms with Crippen LogP contribution in [0.5, 0.6) is 11.5 Å². The van der Waals surface area contributed by atoms with Gasteiger partial charge < -0.3 is 14.2 Å². The Bertz CT molecular complexity index is 806. The van der Waals surface area contributed by atoms with Gasteiger partial charge in [-0.3, -0.25) is 0 Å². The topological polar surface area (TPSA) is 42.9 Å². The fourth-order valence-corrected chi connectivity index (χ4v) is 3.20. The first kappa shape index (κ1) is 17.0. The Labute approximate surface area is 151 Å². The van der Waals surface area contributed by atoms with E-state index in [1.54, 1.807) is 13.2 Å². The number of nitrogens with zero attached hydrogens (tertiary/aromatic N) is 1. The first-order valence-electron chi connectivity index (χ1n) is 7.50. The van der Waals surface area contributed by atoms with E-state index in [0.29, 0.717) is 10.8 Å². The van der Waals surface area contributed by atoms with E-state index >= 15 is 0 Å². The zero-order valence-corrected chi connectivity index (χ0v) is 15.6. The minimum absolute atomic E-state index is 0.627. The number of rotatable bonds is 4. The molecular weight excluding hydrogens is 344 g/mol. The fraction of sp³-hybridized carbons (Fsp3) is 0.278. The fourth-order valence-electron chi connectivity index (χ4n) is 2.67. The number of methoxy groups -OCH3 is 1. The van der Waals surface area contributed by atoms with Crippen molar-refractivity contribution in [3.05, 3.63) is 52.5 Å². The molecule has 4 nitrogen and oxygen atoms in total. The van der Waals surface area contributed by atoms with Gasteiger partial charge in [0.2, 0.25) is 0 Å². The third-order valence-corrected chi connectivity index (χ3v) is 4.29. The molecular formula is C18H19ClN2O2S. The van der Waals surface area contributed by atoms with Crippen LogP contribution in [0.25, 0.3) is 0 Å². The zero-order chi connectivity index (χ0) is 17.3. The van der Waals surface area contributed by atoms with Crippen LogP contribution in [0, 0.1) is 0 Å². The average Bonchev–Trinajstić information content (AvgIpc) is 2.53. The molecule has 1 heterocycles. The van der Waals surface area contributed by atoms with Gasteiger partial charge in [0.05, 0.1) is 12.8 Å². The largest absolute Gasteiger partial charge is 0.496 e. The molecule has 24 heavy (non-hydrogen) atoms. The van der Waals surface area contributed by atoms with Crippen LogP contribution in [0.4, 0.5) is 5.69 Å². The summed E-state index contributed by atoms with van der Waals surface area (Å²) in [6.07, 6.45) is 1.98. The summed E-state index contributed by atoms with van der Waals surface area (Å²) in [5.41, 5.74) is 2.99. The number of anilines is 1. The van der Waals surface area contributed by atoms with E-state index < -0.39 is 5.72 Å². The molecule has 0 bridgehead atoms. The molecule has 0 saturated heterocycles. The van der Waals surface area contributed by atoms with Crippen molar-refractivity contribution in [2.75, 3.05) is 18.1 Å². The molecule has 2 aromatic carbocycles. The second-order valence-corrected chi connectivity index (χ2v) is 6.92. The summed E-state index contributed by atoms with van der Waals surface area (Å²) in [5, 5.41) is 0.627. The highest BCUT2D eigenvalue weighted by Gasteiger charge is 2.30. The molecule has 0 amide bonds. The van der Waals surface area contributed by atoms with E-state index in [2.05, 4.69) is 4.72 Å². The van der Waals surface area contributed by atoms with Gasteiger partial charge in [0, 0.05) is 34.2 Å². The second-order valence-electron chi connectivity index (χ2n) is 5.87. The van der Waals surface area contributed by atoms with E-state index in [4.69, 9.17) is 26.1 Å². The summed E-state index contributed by atoms with van der Waals surface area (Å²) in [6, 6.07) is 11.6. The highest BCUT2D eigenvalue weighted by Crippen LogP contribution is 2.37. The lowest BCUT2D eigenvalue weighted by atomic mass is 9.98. The zero-order valence-electron chi connectivity index (χ0n) is 14.0. The van der Waals surface area contributed by atoms with Gasteiger partial charge in [0.15, 0.2) is 5.72 Å². The predicted octanol–water partition coefficient (Wildman–Crippen LogP) is 5.00. The van der Waals surface area contributed by atoms with Gasteiger partial charge in [-0.25, -0.2) is 4.99 Å². The Hall–Kier alpha value is -1.85. The molecule has 0 fully saturated rings. The lowest BCUT2D eigenvalue weighted by Crippen LogP contribution is -2.32. The molecule has 1 aliphatic heterocycles. The van der Waals surface area contributed by atoms with Crippen molar-refractivity contribution in [3.63, 3.8) is 0 Å². The van der Waals surface area contributed by atoms with Crippen molar-refractivity contribution in [2.45, 2.75) is 19.6 Å². The number of benzene rings is 2. The number of hydrogen-bond donors (Lipinski definition) is 1. The summed E-state index contributed by atoms with van der Waals surface area (Å²) in [7, 11) is 1.63. The summed E-state index contributed by atoms with van der Waals surface area (Å²) < 4.78 is 14.8. The van der Waals surface area contributed by atoms with Crippen LogP contribution >= 0.6 is 23.5 Å². The van der Waals surface area contributed by atoms with Crippen molar-refractivity contribution in [1.29, 1.82) is 0 Å². The summed E-state index contributed by atoms with van der Waals surface area (Å²) in [4.78, 5) is 4.79. The van der Waals surface area contributed by atoms with Crippen LogP contribution in [0.15, 0.2) is 41.4 Å². The monoisotopic (exact) mass is 362 g/mol.